The summed E-state index contributed by atoms with van der Waals surface area (Å²) in [6, 6.07) is 7.93. The SMILES string of the molecule is CCOC(=O)c1c(NC(=O)CSc2nc3ccccc3s2)sc2c1CCN(C)C2. The molecular weight excluding hydrogens is 426 g/mol. The van der Waals surface area contributed by atoms with Gasteiger partial charge in [0.1, 0.15) is 5.00 Å². The molecule has 2 aromatic heterocycles. The number of anilines is 1. The lowest BCUT2D eigenvalue weighted by atomic mass is 10.0. The second kappa shape index (κ2) is 8.83. The Kier molecular flexibility index (Phi) is 6.19. The number of ether oxygens (including phenoxy) is 1. The summed E-state index contributed by atoms with van der Waals surface area (Å²) >= 11 is 4.46. The van der Waals surface area contributed by atoms with Crippen LogP contribution in [0.2, 0.25) is 0 Å². The van der Waals surface area contributed by atoms with E-state index < -0.39 is 0 Å². The number of benzene rings is 1. The van der Waals surface area contributed by atoms with Crippen LogP contribution >= 0.6 is 34.4 Å². The van der Waals surface area contributed by atoms with Crippen LogP contribution in [-0.4, -0.2) is 47.7 Å². The third kappa shape index (κ3) is 4.48. The zero-order valence-electron chi connectivity index (χ0n) is 16.2. The van der Waals surface area contributed by atoms with Crippen LogP contribution in [0.15, 0.2) is 28.6 Å². The molecule has 6 nitrogen and oxygen atoms in total. The minimum absolute atomic E-state index is 0.147. The summed E-state index contributed by atoms with van der Waals surface area (Å²) in [6.45, 7) is 3.77. The molecule has 29 heavy (non-hydrogen) atoms. The molecule has 1 aromatic carbocycles. The number of amides is 1. The van der Waals surface area contributed by atoms with Gasteiger partial charge >= 0.3 is 5.97 Å². The molecule has 0 fully saturated rings. The van der Waals surface area contributed by atoms with Gasteiger partial charge in [0.15, 0.2) is 4.34 Å². The number of thiophene rings is 1. The Balaban J connectivity index is 1.48. The van der Waals surface area contributed by atoms with E-state index in [4.69, 9.17) is 4.74 Å². The summed E-state index contributed by atoms with van der Waals surface area (Å²) in [7, 11) is 2.06. The number of likely N-dealkylation sites (N-methyl/N-ethyl adjacent to an activating group) is 1. The van der Waals surface area contributed by atoms with E-state index in [0.717, 1.165) is 44.5 Å². The van der Waals surface area contributed by atoms with E-state index >= 15 is 0 Å². The number of carbonyl (C=O) groups excluding carboxylic acids is 2. The molecule has 0 bridgehead atoms. The first-order valence-electron chi connectivity index (χ1n) is 9.33. The summed E-state index contributed by atoms with van der Waals surface area (Å²) in [5.74, 6) is -0.264. The second-order valence-corrected chi connectivity index (χ2v) is 10.1. The number of thioether (sulfide) groups is 1. The first-order chi connectivity index (χ1) is 14.0. The molecule has 3 aromatic rings. The highest BCUT2D eigenvalue weighted by molar-refractivity contribution is 8.01. The number of esters is 1. The van der Waals surface area contributed by atoms with Gasteiger partial charge in [-0.05, 0) is 38.1 Å². The van der Waals surface area contributed by atoms with Gasteiger partial charge in [0.25, 0.3) is 0 Å². The van der Waals surface area contributed by atoms with E-state index in [1.165, 1.54) is 23.1 Å². The van der Waals surface area contributed by atoms with Crippen molar-refractivity contribution in [1.82, 2.24) is 9.88 Å². The lowest BCUT2D eigenvalue weighted by Crippen LogP contribution is -2.26. The first-order valence-corrected chi connectivity index (χ1v) is 12.0. The number of carbonyl (C=O) groups is 2. The Hall–Kier alpha value is -1.94. The van der Waals surface area contributed by atoms with Crippen molar-refractivity contribution < 1.29 is 14.3 Å². The number of thiazole rings is 1. The van der Waals surface area contributed by atoms with Gasteiger partial charge < -0.3 is 15.0 Å². The normalized spacial score (nSPS) is 14.0. The van der Waals surface area contributed by atoms with Crippen LogP contribution in [0, 0.1) is 0 Å². The van der Waals surface area contributed by atoms with Gasteiger partial charge in [0.05, 0.1) is 28.1 Å². The van der Waals surface area contributed by atoms with Crippen LogP contribution in [-0.2, 0) is 22.5 Å². The van der Waals surface area contributed by atoms with Crippen LogP contribution in [0.25, 0.3) is 10.2 Å². The Labute approximate surface area is 181 Å². The van der Waals surface area contributed by atoms with E-state index in [-0.39, 0.29) is 17.6 Å². The van der Waals surface area contributed by atoms with Crippen molar-refractivity contribution in [1.29, 1.82) is 0 Å². The average molecular weight is 448 g/mol. The standard InChI is InChI=1S/C20H21N3O3S3/c1-3-26-19(25)17-12-8-9-23(2)10-15(12)28-18(17)22-16(24)11-27-20-21-13-6-4-5-7-14(13)29-20/h4-7H,3,8-11H2,1-2H3,(H,22,24). The largest absolute Gasteiger partial charge is 0.462 e. The van der Waals surface area contributed by atoms with E-state index in [2.05, 4.69) is 22.2 Å². The lowest BCUT2D eigenvalue weighted by Gasteiger charge is -2.22. The molecule has 0 aliphatic carbocycles. The van der Waals surface area contributed by atoms with Crippen molar-refractivity contribution in [3.8, 4) is 0 Å². The Morgan fingerprint density at radius 1 is 1.31 bits per heavy atom. The number of aromatic nitrogens is 1. The smallest absolute Gasteiger partial charge is 0.341 e. The molecular formula is C20H21N3O3S3. The van der Waals surface area contributed by atoms with Crippen LogP contribution in [0.5, 0.6) is 0 Å². The van der Waals surface area contributed by atoms with Crippen LogP contribution in [0.4, 0.5) is 5.00 Å². The molecule has 4 rings (SSSR count). The molecule has 0 radical (unpaired) electrons. The van der Waals surface area contributed by atoms with E-state index in [1.807, 2.05) is 24.3 Å². The number of rotatable bonds is 6. The zero-order chi connectivity index (χ0) is 20.4. The van der Waals surface area contributed by atoms with Crippen LogP contribution in [0.1, 0.15) is 27.7 Å². The summed E-state index contributed by atoms with van der Waals surface area (Å²) in [5.41, 5.74) is 2.49. The Morgan fingerprint density at radius 3 is 2.93 bits per heavy atom. The summed E-state index contributed by atoms with van der Waals surface area (Å²) < 4.78 is 7.22. The highest BCUT2D eigenvalue weighted by atomic mass is 32.2. The first kappa shape index (κ1) is 20.3. The van der Waals surface area contributed by atoms with Gasteiger partial charge in [-0.2, -0.15) is 0 Å². The number of nitrogens with one attached hydrogen (secondary N) is 1. The molecule has 1 aliphatic heterocycles. The van der Waals surface area contributed by atoms with Gasteiger partial charge in [0, 0.05) is 18.0 Å². The quantitative estimate of drug-likeness (QED) is 0.450. The maximum absolute atomic E-state index is 12.6. The molecule has 0 unspecified atom stereocenters. The van der Waals surface area contributed by atoms with Gasteiger partial charge in [-0.25, -0.2) is 9.78 Å². The fourth-order valence-electron chi connectivity index (χ4n) is 3.24. The Bertz CT molecular complexity index is 1030. The third-order valence-electron chi connectivity index (χ3n) is 4.58. The number of para-hydroxylation sites is 1. The fourth-order valence-corrected chi connectivity index (χ4v) is 6.44. The van der Waals surface area contributed by atoms with Crippen molar-refractivity contribution in [3.63, 3.8) is 0 Å². The molecule has 1 amide bonds. The predicted molar refractivity (Wildman–Crippen MR) is 119 cm³/mol. The van der Waals surface area contributed by atoms with E-state index in [9.17, 15) is 9.59 Å². The lowest BCUT2D eigenvalue weighted by molar-refractivity contribution is -0.113. The average Bonchev–Trinajstić information content (AvgIpc) is 3.26. The second-order valence-electron chi connectivity index (χ2n) is 6.70. The highest BCUT2D eigenvalue weighted by Crippen LogP contribution is 2.37. The molecule has 0 spiro atoms. The highest BCUT2D eigenvalue weighted by Gasteiger charge is 2.28. The third-order valence-corrected chi connectivity index (χ3v) is 7.89. The van der Waals surface area contributed by atoms with Crippen molar-refractivity contribution in [2.24, 2.45) is 0 Å². The summed E-state index contributed by atoms with van der Waals surface area (Å²) in [4.78, 5) is 33.0. The van der Waals surface area contributed by atoms with Crippen molar-refractivity contribution in [2.75, 3.05) is 31.3 Å². The summed E-state index contributed by atoms with van der Waals surface area (Å²) in [5, 5.41) is 3.54. The maximum atomic E-state index is 12.6. The predicted octanol–water partition coefficient (Wildman–Crippen LogP) is 4.25. The van der Waals surface area contributed by atoms with Gasteiger partial charge in [-0.3, -0.25) is 4.79 Å². The minimum atomic E-state index is -0.358. The van der Waals surface area contributed by atoms with Crippen molar-refractivity contribution in [3.05, 3.63) is 40.3 Å². The van der Waals surface area contributed by atoms with E-state index in [0.29, 0.717) is 17.2 Å². The molecule has 1 N–H and O–H groups in total. The van der Waals surface area contributed by atoms with Crippen LogP contribution < -0.4 is 5.32 Å². The van der Waals surface area contributed by atoms with E-state index in [1.54, 1.807) is 18.3 Å². The minimum Gasteiger partial charge on any atom is -0.462 e. The fraction of sp³-hybridized carbons (Fsp3) is 0.350. The molecule has 152 valence electrons. The Morgan fingerprint density at radius 2 is 2.14 bits per heavy atom. The molecule has 0 saturated heterocycles. The van der Waals surface area contributed by atoms with Gasteiger partial charge in [-0.15, -0.1) is 22.7 Å². The number of hydrogen-bond acceptors (Lipinski definition) is 8. The molecule has 9 heteroatoms. The molecule has 1 aliphatic rings. The number of nitrogens with zero attached hydrogens (tertiary/aromatic N) is 2. The number of fused-ring (bicyclic) bond motifs is 2. The molecule has 3 heterocycles. The van der Waals surface area contributed by atoms with Crippen molar-refractivity contribution >= 4 is 61.5 Å². The van der Waals surface area contributed by atoms with Crippen molar-refractivity contribution in [2.45, 2.75) is 24.2 Å². The van der Waals surface area contributed by atoms with Gasteiger partial charge in [-0.1, -0.05) is 23.9 Å². The number of hydrogen-bond donors (Lipinski definition) is 1. The maximum Gasteiger partial charge on any atom is 0.341 e. The van der Waals surface area contributed by atoms with Gasteiger partial charge in [0.2, 0.25) is 5.91 Å². The van der Waals surface area contributed by atoms with Crippen LogP contribution in [0.3, 0.4) is 0 Å². The topological polar surface area (TPSA) is 71.5 Å². The molecule has 0 saturated carbocycles. The monoisotopic (exact) mass is 447 g/mol. The molecule has 0 atom stereocenters. The summed E-state index contributed by atoms with van der Waals surface area (Å²) in [6.07, 6.45) is 0.785. The zero-order valence-corrected chi connectivity index (χ0v) is 18.6.